The van der Waals surface area contributed by atoms with E-state index in [1.807, 2.05) is 0 Å². The number of halogens is 2. The van der Waals surface area contributed by atoms with Gasteiger partial charge >= 0.3 is 5.97 Å². The van der Waals surface area contributed by atoms with Gasteiger partial charge in [0.25, 0.3) is 0 Å². The second-order valence-corrected chi connectivity index (χ2v) is 4.37. The number of hydrogen-bond donors (Lipinski definition) is 1. The average Bonchev–Trinajstić information content (AvgIpc) is 2.44. The van der Waals surface area contributed by atoms with Crippen LogP contribution in [-0.2, 0) is 4.74 Å². The first kappa shape index (κ1) is 14.8. The third-order valence-corrected chi connectivity index (χ3v) is 2.89. The van der Waals surface area contributed by atoms with Gasteiger partial charge in [-0.25, -0.2) is 13.6 Å². The fraction of sp³-hybridized carbons (Fsp3) is 0.133. The van der Waals surface area contributed by atoms with Crippen molar-refractivity contribution >= 4 is 11.7 Å². The van der Waals surface area contributed by atoms with Gasteiger partial charge in [-0.1, -0.05) is 0 Å². The number of nitrogens with two attached hydrogens (primary N) is 1. The first-order valence-electron chi connectivity index (χ1n) is 6.03. The van der Waals surface area contributed by atoms with Gasteiger partial charge in [0.1, 0.15) is 11.6 Å². The molecule has 2 rings (SSSR count). The molecule has 0 saturated carbocycles. The molecule has 0 unspecified atom stereocenters. The highest BCUT2D eigenvalue weighted by molar-refractivity contribution is 5.96. The van der Waals surface area contributed by atoms with E-state index in [2.05, 4.69) is 4.74 Å². The summed E-state index contributed by atoms with van der Waals surface area (Å²) in [5.74, 6) is -2.13. The van der Waals surface area contributed by atoms with Crippen LogP contribution in [0, 0.1) is 18.6 Å². The minimum atomic E-state index is -0.843. The lowest BCUT2D eigenvalue weighted by atomic mass is 10.1. The SMILES string of the molecule is COC(=O)c1cc(Oc2ccc(F)cc2F)cc(C)c1N. The Labute approximate surface area is 120 Å². The number of carbonyl (C=O) groups is 1. The fourth-order valence-electron chi connectivity index (χ4n) is 1.79. The molecule has 0 saturated heterocycles. The first-order chi connectivity index (χ1) is 9.92. The number of benzene rings is 2. The van der Waals surface area contributed by atoms with Crippen molar-refractivity contribution in [2.75, 3.05) is 12.8 Å². The molecule has 0 aliphatic rings. The maximum atomic E-state index is 13.6. The van der Waals surface area contributed by atoms with Crippen LogP contribution in [0.25, 0.3) is 0 Å². The summed E-state index contributed by atoms with van der Waals surface area (Å²) in [5, 5.41) is 0. The number of rotatable bonds is 3. The summed E-state index contributed by atoms with van der Waals surface area (Å²) in [6.07, 6.45) is 0. The predicted molar refractivity (Wildman–Crippen MR) is 73.4 cm³/mol. The number of esters is 1. The van der Waals surface area contributed by atoms with Gasteiger partial charge in [-0.15, -0.1) is 0 Å². The zero-order valence-electron chi connectivity index (χ0n) is 11.4. The number of methoxy groups -OCH3 is 1. The summed E-state index contributed by atoms with van der Waals surface area (Å²) < 4.78 is 36.4. The number of carbonyl (C=O) groups excluding carboxylic acids is 1. The van der Waals surface area contributed by atoms with E-state index in [1.54, 1.807) is 13.0 Å². The van der Waals surface area contributed by atoms with Gasteiger partial charge < -0.3 is 15.2 Å². The van der Waals surface area contributed by atoms with Crippen molar-refractivity contribution < 1.29 is 23.0 Å². The monoisotopic (exact) mass is 293 g/mol. The molecule has 0 atom stereocenters. The minimum Gasteiger partial charge on any atom is -0.465 e. The van der Waals surface area contributed by atoms with Gasteiger partial charge in [0.2, 0.25) is 0 Å². The molecule has 4 nitrogen and oxygen atoms in total. The predicted octanol–water partition coefficient (Wildman–Crippen LogP) is 3.43. The smallest absolute Gasteiger partial charge is 0.340 e. The van der Waals surface area contributed by atoms with E-state index < -0.39 is 17.6 Å². The molecule has 0 fully saturated rings. The molecular weight excluding hydrogens is 280 g/mol. The molecule has 0 aromatic heterocycles. The van der Waals surface area contributed by atoms with Gasteiger partial charge in [-0.3, -0.25) is 0 Å². The molecule has 6 heteroatoms. The van der Waals surface area contributed by atoms with E-state index in [9.17, 15) is 13.6 Å². The third kappa shape index (κ3) is 3.10. The van der Waals surface area contributed by atoms with Gasteiger partial charge in [-0.2, -0.15) is 0 Å². The maximum absolute atomic E-state index is 13.6. The molecule has 0 amide bonds. The topological polar surface area (TPSA) is 61.5 Å². The average molecular weight is 293 g/mol. The van der Waals surface area contributed by atoms with Gasteiger partial charge in [0.05, 0.1) is 12.7 Å². The second-order valence-electron chi connectivity index (χ2n) is 4.37. The summed E-state index contributed by atoms with van der Waals surface area (Å²) in [6, 6.07) is 5.83. The summed E-state index contributed by atoms with van der Waals surface area (Å²) in [4.78, 5) is 11.6. The summed E-state index contributed by atoms with van der Waals surface area (Å²) in [5.41, 5.74) is 6.75. The van der Waals surface area contributed by atoms with E-state index in [1.165, 1.54) is 13.2 Å². The van der Waals surface area contributed by atoms with Crippen LogP contribution in [0.2, 0.25) is 0 Å². The van der Waals surface area contributed by atoms with Crippen molar-refractivity contribution in [3.05, 3.63) is 53.1 Å². The number of nitrogen functional groups attached to an aromatic ring is 1. The van der Waals surface area contributed by atoms with Crippen molar-refractivity contribution in [3.8, 4) is 11.5 Å². The van der Waals surface area contributed by atoms with Gasteiger partial charge in [0.15, 0.2) is 11.6 Å². The number of aryl methyl sites for hydroxylation is 1. The quantitative estimate of drug-likeness (QED) is 0.695. The van der Waals surface area contributed by atoms with E-state index in [0.717, 1.165) is 12.1 Å². The highest BCUT2D eigenvalue weighted by Gasteiger charge is 2.15. The minimum absolute atomic E-state index is 0.120. The molecule has 21 heavy (non-hydrogen) atoms. The number of anilines is 1. The number of hydrogen-bond acceptors (Lipinski definition) is 4. The Bertz CT molecular complexity index is 702. The molecule has 0 heterocycles. The van der Waals surface area contributed by atoms with E-state index in [-0.39, 0.29) is 22.7 Å². The largest absolute Gasteiger partial charge is 0.465 e. The highest BCUT2D eigenvalue weighted by Crippen LogP contribution is 2.30. The summed E-state index contributed by atoms with van der Waals surface area (Å²) in [7, 11) is 1.23. The van der Waals surface area contributed by atoms with Gasteiger partial charge in [0, 0.05) is 11.8 Å². The molecule has 2 aromatic carbocycles. The number of ether oxygens (including phenoxy) is 2. The lowest BCUT2D eigenvalue weighted by Crippen LogP contribution is -2.07. The highest BCUT2D eigenvalue weighted by atomic mass is 19.1. The molecule has 0 spiro atoms. The Hall–Kier alpha value is -2.63. The summed E-state index contributed by atoms with van der Waals surface area (Å²) >= 11 is 0. The molecule has 2 aromatic rings. The van der Waals surface area contributed by atoms with Crippen molar-refractivity contribution in [3.63, 3.8) is 0 Å². The van der Waals surface area contributed by atoms with Crippen molar-refractivity contribution in [1.82, 2.24) is 0 Å². The van der Waals surface area contributed by atoms with E-state index >= 15 is 0 Å². The van der Waals surface area contributed by atoms with Crippen molar-refractivity contribution in [2.45, 2.75) is 6.92 Å². The standard InChI is InChI=1S/C15H13F2NO3/c1-8-5-10(7-11(14(8)18)15(19)20-2)21-13-4-3-9(16)6-12(13)17/h3-7H,18H2,1-2H3. The third-order valence-electron chi connectivity index (χ3n) is 2.89. The normalized spacial score (nSPS) is 10.3. The summed E-state index contributed by atoms with van der Waals surface area (Å²) in [6.45, 7) is 1.68. The van der Waals surface area contributed by atoms with E-state index in [4.69, 9.17) is 10.5 Å². The van der Waals surface area contributed by atoms with Crippen molar-refractivity contribution in [1.29, 1.82) is 0 Å². The van der Waals surface area contributed by atoms with Crippen LogP contribution < -0.4 is 10.5 Å². The van der Waals surface area contributed by atoms with Crippen LogP contribution >= 0.6 is 0 Å². The Morgan fingerprint density at radius 1 is 1.19 bits per heavy atom. The van der Waals surface area contributed by atoms with Crippen LogP contribution in [0.1, 0.15) is 15.9 Å². The molecule has 0 bridgehead atoms. The Balaban J connectivity index is 2.40. The molecule has 110 valence electrons. The molecule has 0 aliphatic heterocycles. The Morgan fingerprint density at radius 3 is 2.52 bits per heavy atom. The molecule has 0 aliphatic carbocycles. The molecule has 2 N–H and O–H groups in total. The fourth-order valence-corrected chi connectivity index (χ4v) is 1.79. The zero-order chi connectivity index (χ0) is 15.6. The molecular formula is C15H13F2NO3. The van der Waals surface area contributed by atoms with Crippen LogP contribution in [0.3, 0.4) is 0 Å². The zero-order valence-corrected chi connectivity index (χ0v) is 11.4. The Kier molecular flexibility index (Phi) is 4.07. The van der Waals surface area contributed by atoms with Crippen molar-refractivity contribution in [2.24, 2.45) is 0 Å². The van der Waals surface area contributed by atoms with Crippen LogP contribution in [0.5, 0.6) is 11.5 Å². The molecule has 0 radical (unpaired) electrons. The van der Waals surface area contributed by atoms with Crippen LogP contribution in [0.15, 0.2) is 30.3 Å². The van der Waals surface area contributed by atoms with Crippen LogP contribution in [0.4, 0.5) is 14.5 Å². The first-order valence-corrected chi connectivity index (χ1v) is 6.03. The lowest BCUT2D eigenvalue weighted by molar-refractivity contribution is 0.0601. The maximum Gasteiger partial charge on any atom is 0.340 e. The Morgan fingerprint density at radius 2 is 1.90 bits per heavy atom. The van der Waals surface area contributed by atoms with Crippen LogP contribution in [-0.4, -0.2) is 13.1 Å². The van der Waals surface area contributed by atoms with Gasteiger partial charge in [-0.05, 0) is 36.8 Å². The van der Waals surface area contributed by atoms with E-state index in [0.29, 0.717) is 11.6 Å². The lowest BCUT2D eigenvalue weighted by Gasteiger charge is -2.12. The second kappa shape index (κ2) is 5.78.